The number of rotatable bonds is 8. The number of carbonyl (C=O) groups is 3. The number of anilines is 2. The molecule has 3 aromatic rings. The van der Waals surface area contributed by atoms with Gasteiger partial charge in [-0.3, -0.25) is 19.3 Å². The third kappa shape index (κ3) is 5.80. The summed E-state index contributed by atoms with van der Waals surface area (Å²) in [5.41, 5.74) is 10.1. The van der Waals surface area contributed by atoms with Crippen LogP contribution in [0.1, 0.15) is 52.5 Å². The number of para-hydroxylation sites is 1. The summed E-state index contributed by atoms with van der Waals surface area (Å²) in [6, 6.07) is 8.74. The molecule has 1 heterocycles. The number of methoxy groups -OCH3 is 2. The van der Waals surface area contributed by atoms with Crippen molar-refractivity contribution in [2.45, 2.75) is 32.4 Å². The molecule has 5 N–H and O–H groups in total. The number of benzene rings is 2. The van der Waals surface area contributed by atoms with Crippen LogP contribution < -0.4 is 31.2 Å². The van der Waals surface area contributed by atoms with Crippen LogP contribution in [0.3, 0.4) is 0 Å². The summed E-state index contributed by atoms with van der Waals surface area (Å²) in [6.45, 7) is 5.29. The predicted molar refractivity (Wildman–Crippen MR) is 138 cm³/mol. The van der Waals surface area contributed by atoms with Crippen LogP contribution in [0.4, 0.5) is 15.8 Å². The second-order valence-electron chi connectivity index (χ2n) is 9.01. The SMILES string of the molecule is COc1ccc(OC)c([C@@H](C(=O)NC(C)(C)C)N(C(=O)c2snc(C(N)=O)c2N)c2ccccc2F)c1. The van der Waals surface area contributed by atoms with Gasteiger partial charge in [-0.05, 0) is 62.6 Å². The van der Waals surface area contributed by atoms with E-state index in [9.17, 15) is 14.4 Å². The highest BCUT2D eigenvalue weighted by Crippen LogP contribution is 2.39. The molecule has 0 aliphatic heterocycles. The van der Waals surface area contributed by atoms with E-state index in [0.717, 1.165) is 11.0 Å². The minimum Gasteiger partial charge on any atom is -0.497 e. The number of nitrogens with one attached hydrogen (secondary N) is 1. The highest BCUT2D eigenvalue weighted by Gasteiger charge is 2.39. The molecule has 0 aliphatic carbocycles. The van der Waals surface area contributed by atoms with Crippen molar-refractivity contribution in [2.75, 3.05) is 24.9 Å². The summed E-state index contributed by atoms with van der Waals surface area (Å²) in [4.78, 5) is 40.4. The molecule has 0 fully saturated rings. The quantitative estimate of drug-likeness (QED) is 0.405. The lowest BCUT2D eigenvalue weighted by Gasteiger charge is -2.34. The molecule has 0 unspecified atom stereocenters. The van der Waals surface area contributed by atoms with E-state index in [1.807, 2.05) is 0 Å². The topological polar surface area (TPSA) is 150 Å². The highest BCUT2D eigenvalue weighted by molar-refractivity contribution is 7.09. The molecule has 0 saturated carbocycles. The van der Waals surface area contributed by atoms with Crippen molar-refractivity contribution in [1.29, 1.82) is 0 Å². The maximum absolute atomic E-state index is 15.3. The first-order valence-corrected chi connectivity index (χ1v) is 11.8. The van der Waals surface area contributed by atoms with Crippen molar-refractivity contribution >= 4 is 40.6 Å². The van der Waals surface area contributed by atoms with Crippen molar-refractivity contribution in [3.8, 4) is 11.5 Å². The Bertz CT molecular complexity index is 1340. The summed E-state index contributed by atoms with van der Waals surface area (Å²) in [6.07, 6.45) is 0. The van der Waals surface area contributed by atoms with E-state index in [4.69, 9.17) is 20.9 Å². The van der Waals surface area contributed by atoms with Crippen LogP contribution in [-0.2, 0) is 4.79 Å². The number of halogens is 1. The van der Waals surface area contributed by atoms with Gasteiger partial charge in [-0.1, -0.05) is 12.1 Å². The zero-order valence-corrected chi connectivity index (χ0v) is 21.8. The molecule has 0 spiro atoms. The van der Waals surface area contributed by atoms with Crippen LogP contribution in [0.2, 0.25) is 0 Å². The van der Waals surface area contributed by atoms with Crippen molar-refractivity contribution in [3.63, 3.8) is 0 Å². The molecular formula is C25H28FN5O5S. The number of carbonyl (C=O) groups excluding carboxylic acids is 3. The molecule has 1 aromatic heterocycles. The first kappa shape index (κ1) is 27.4. The Morgan fingerprint density at radius 3 is 2.32 bits per heavy atom. The van der Waals surface area contributed by atoms with E-state index in [0.29, 0.717) is 17.3 Å². The van der Waals surface area contributed by atoms with Gasteiger partial charge in [-0.15, -0.1) is 0 Å². The average Bonchev–Trinajstić information content (AvgIpc) is 3.22. The van der Waals surface area contributed by atoms with Crippen LogP contribution in [0.5, 0.6) is 11.5 Å². The van der Waals surface area contributed by atoms with Gasteiger partial charge in [0.05, 0.1) is 25.6 Å². The zero-order valence-electron chi connectivity index (χ0n) is 21.0. The molecular weight excluding hydrogens is 501 g/mol. The van der Waals surface area contributed by atoms with Crippen LogP contribution in [-0.4, -0.2) is 41.9 Å². The summed E-state index contributed by atoms with van der Waals surface area (Å²) in [7, 11) is 2.85. The molecule has 0 radical (unpaired) electrons. The maximum atomic E-state index is 15.3. The third-order valence-corrected chi connectivity index (χ3v) is 6.07. The van der Waals surface area contributed by atoms with E-state index >= 15 is 4.39 Å². The van der Waals surface area contributed by atoms with Crippen LogP contribution in [0.15, 0.2) is 42.5 Å². The number of hydrogen-bond acceptors (Lipinski definition) is 8. The number of nitrogen functional groups attached to an aromatic ring is 1. The molecule has 0 saturated heterocycles. The van der Waals surface area contributed by atoms with Gasteiger partial charge in [0.25, 0.3) is 11.8 Å². The molecule has 3 rings (SSSR count). The molecule has 1 atom stereocenters. The second kappa shape index (κ2) is 10.8. The minimum absolute atomic E-state index is 0.188. The molecule has 196 valence electrons. The van der Waals surface area contributed by atoms with E-state index in [1.165, 1.54) is 38.5 Å². The highest BCUT2D eigenvalue weighted by atomic mass is 32.1. The lowest BCUT2D eigenvalue weighted by Crippen LogP contribution is -2.49. The smallest absolute Gasteiger partial charge is 0.273 e. The monoisotopic (exact) mass is 529 g/mol. The minimum atomic E-state index is -1.45. The number of hydrogen-bond donors (Lipinski definition) is 3. The lowest BCUT2D eigenvalue weighted by molar-refractivity contribution is -0.123. The van der Waals surface area contributed by atoms with Gasteiger partial charge in [-0.25, -0.2) is 4.39 Å². The van der Waals surface area contributed by atoms with Gasteiger partial charge in [0.2, 0.25) is 5.91 Å². The molecule has 2 aromatic carbocycles. The van der Waals surface area contributed by atoms with Crippen molar-refractivity contribution in [1.82, 2.24) is 9.69 Å². The van der Waals surface area contributed by atoms with Crippen molar-refractivity contribution in [2.24, 2.45) is 5.73 Å². The number of ether oxygens (including phenoxy) is 2. The fourth-order valence-electron chi connectivity index (χ4n) is 3.64. The summed E-state index contributed by atoms with van der Waals surface area (Å²) in [5.74, 6) is -2.58. The molecule has 12 heteroatoms. The largest absolute Gasteiger partial charge is 0.497 e. The Kier molecular flexibility index (Phi) is 8.02. The van der Waals surface area contributed by atoms with Gasteiger partial charge in [0.15, 0.2) is 5.69 Å². The maximum Gasteiger partial charge on any atom is 0.273 e. The van der Waals surface area contributed by atoms with E-state index < -0.39 is 35.1 Å². The molecule has 3 amide bonds. The Morgan fingerprint density at radius 1 is 1.11 bits per heavy atom. The number of amides is 3. The Labute approximate surface area is 217 Å². The molecule has 37 heavy (non-hydrogen) atoms. The molecule has 0 bridgehead atoms. The van der Waals surface area contributed by atoms with Crippen LogP contribution >= 0.6 is 11.5 Å². The van der Waals surface area contributed by atoms with Crippen LogP contribution in [0.25, 0.3) is 0 Å². The van der Waals surface area contributed by atoms with Gasteiger partial charge in [0.1, 0.15) is 28.2 Å². The fourth-order valence-corrected chi connectivity index (χ4v) is 4.38. The summed E-state index contributed by atoms with van der Waals surface area (Å²) in [5, 5.41) is 2.85. The fraction of sp³-hybridized carbons (Fsp3) is 0.280. The summed E-state index contributed by atoms with van der Waals surface area (Å²) >= 11 is 0.619. The van der Waals surface area contributed by atoms with E-state index in [1.54, 1.807) is 32.9 Å². The predicted octanol–water partition coefficient (Wildman–Crippen LogP) is 3.28. The van der Waals surface area contributed by atoms with Gasteiger partial charge < -0.3 is 26.3 Å². The average molecular weight is 530 g/mol. The number of aromatic nitrogens is 1. The Hall–Kier alpha value is -4.19. The van der Waals surface area contributed by atoms with Crippen molar-refractivity contribution < 1.29 is 28.2 Å². The summed E-state index contributed by atoms with van der Waals surface area (Å²) < 4.78 is 30.0. The van der Waals surface area contributed by atoms with Crippen LogP contribution in [0, 0.1) is 5.82 Å². The third-order valence-electron chi connectivity index (χ3n) is 5.22. The van der Waals surface area contributed by atoms with E-state index in [-0.39, 0.29) is 33.3 Å². The number of nitrogens with two attached hydrogens (primary N) is 2. The van der Waals surface area contributed by atoms with Gasteiger partial charge in [-0.2, -0.15) is 4.37 Å². The second-order valence-corrected chi connectivity index (χ2v) is 9.79. The first-order chi connectivity index (χ1) is 17.4. The lowest BCUT2D eigenvalue weighted by atomic mass is 9.99. The first-order valence-electron chi connectivity index (χ1n) is 11.1. The van der Waals surface area contributed by atoms with Gasteiger partial charge in [0, 0.05) is 11.1 Å². The number of primary amides is 1. The normalized spacial score (nSPS) is 11.9. The van der Waals surface area contributed by atoms with Gasteiger partial charge >= 0.3 is 0 Å². The Morgan fingerprint density at radius 2 is 1.78 bits per heavy atom. The number of nitrogens with zero attached hydrogens (tertiary/aromatic N) is 2. The Balaban J connectivity index is 2.35. The van der Waals surface area contributed by atoms with E-state index in [2.05, 4.69) is 9.69 Å². The molecule has 0 aliphatic rings. The standard InChI is InChI=1S/C25H28FN5O5S/c1-25(2,3)29-23(33)20(14-12-13(35-4)10-11-17(14)36-5)31(16-9-7-6-8-15(16)26)24(34)21-18(27)19(22(28)32)30-37-21/h6-12,20H,27H2,1-5H3,(H2,28,32)(H,29,33)/t20-/m0/s1. The van der Waals surface area contributed by atoms with Crippen molar-refractivity contribution in [3.05, 3.63) is 64.4 Å². The zero-order chi connectivity index (χ0) is 27.5. The molecule has 10 nitrogen and oxygen atoms in total.